The van der Waals surface area contributed by atoms with Gasteiger partial charge in [-0.3, -0.25) is 4.79 Å². The van der Waals surface area contributed by atoms with Gasteiger partial charge in [0.25, 0.3) is 0 Å². The second kappa shape index (κ2) is 10.6. The topological polar surface area (TPSA) is 66.5 Å². The first-order chi connectivity index (χ1) is 14.9. The molecule has 0 aromatic heterocycles. The Morgan fingerprint density at radius 1 is 0.935 bits per heavy atom. The lowest BCUT2D eigenvalue weighted by atomic mass is 10.1. The highest BCUT2D eigenvalue weighted by molar-refractivity contribution is 7.89. The number of hydrogen-bond donors (Lipinski definition) is 1. The van der Waals surface area contributed by atoms with Crippen molar-refractivity contribution in [2.75, 3.05) is 13.1 Å². The molecular weight excluding hydrogens is 432 g/mol. The van der Waals surface area contributed by atoms with Gasteiger partial charge in [-0.25, -0.2) is 8.42 Å². The van der Waals surface area contributed by atoms with Crippen LogP contribution in [-0.2, 0) is 21.2 Å². The van der Waals surface area contributed by atoms with Crippen molar-refractivity contribution in [1.29, 1.82) is 0 Å². The maximum atomic E-state index is 13.2. The van der Waals surface area contributed by atoms with Crippen LogP contribution >= 0.6 is 11.6 Å². The van der Waals surface area contributed by atoms with Crippen LogP contribution in [0.1, 0.15) is 24.1 Å². The third-order valence-electron chi connectivity index (χ3n) is 4.94. The highest BCUT2D eigenvalue weighted by Gasteiger charge is 2.26. The normalized spacial score (nSPS) is 12.5. The number of sulfonamides is 1. The van der Waals surface area contributed by atoms with Gasteiger partial charge in [0.2, 0.25) is 15.9 Å². The summed E-state index contributed by atoms with van der Waals surface area (Å²) in [4.78, 5) is 12.9. The predicted molar refractivity (Wildman–Crippen MR) is 123 cm³/mol. The third kappa shape index (κ3) is 6.40. The first-order valence-electron chi connectivity index (χ1n) is 10.0. The Balaban J connectivity index is 1.75. The fourth-order valence-corrected chi connectivity index (χ4v) is 4.75. The zero-order valence-electron chi connectivity index (χ0n) is 17.2. The van der Waals surface area contributed by atoms with Crippen LogP contribution in [0.2, 0.25) is 5.02 Å². The molecular formula is C24H25ClN2O3S. The zero-order valence-corrected chi connectivity index (χ0v) is 18.8. The minimum absolute atomic E-state index is 0.168. The first-order valence-corrected chi connectivity index (χ1v) is 11.8. The molecule has 3 rings (SSSR count). The van der Waals surface area contributed by atoms with Gasteiger partial charge < -0.3 is 5.32 Å². The quantitative estimate of drug-likeness (QED) is 0.517. The van der Waals surface area contributed by atoms with Crippen molar-refractivity contribution in [2.24, 2.45) is 0 Å². The summed E-state index contributed by atoms with van der Waals surface area (Å²) < 4.78 is 27.7. The van der Waals surface area contributed by atoms with E-state index in [2.05, 4.69) is 5.32 Å². The zero-order chi connectivity index (χ0) is 22.3. The number of rotatable bonds is 9. The SMILES string of the molecule is C[C@@H](NC(=O)CN(CCc1ccccc1)S(=O)(=O)c1ccccc1)c1ccc(Cl)cc1. The summed E-state index contributed by atoms with van der Waals surface area (Å²) in [6, 6.07) is 24.7. The molecule has 1 amide bonds. The molecule has 0 saturated heterocycles. The van der Waals surface area contributed by atoms with Crippen molar-refractivity contribution in [2.45, 2.75) is 24.3 Å². The van der Waals surface area contributed by atoms with Gasteiger partial charge in [0.15, 0.2) is 0 Å². The molecule has 5 nitrogen and oxygen atoms in total. The lowest BCUT2D eigenvalue weighted by Crippen LogP contribution is -2.42. The molecule has 0 aliphatic rings. The van der Waals surface area contributed by atoms with Gasteiger partial charge in [-0.2, -0.15) is 4.31 Å². The number of hydrogen-bond acceptors (Lipinski definition) is 3. The van der Waals surface area contributed by atoms with E-state index in [4.69, 9.17) is 11.6 Å². The van der Waals surface area contributed by atoms with E-state index in [1.807, 2.05) is 49.4 Å². The molecule has 162 valence electrons. The average molecular weight is 457 g/mol. The van der Waals surface area contributed by atoms with E-state index in [1.54, 1.807) is 42.5 Å². The van der Waals surface area contributed by atoms with Gasteiger partial charge in [0, 0.05) is 11.6 Å². The Hall–Kier alpha value is -2.67. The number of amides is 1. The molecule has 0 saturated carbocycles. The standard InChI is InChI=1S/C24H25ClN2O3S/c1-19(21-12-14-22(25)15-13-21)26-24(28)18-27(17-16-20-8-4-2-5-9-20)31(29,30)23-10-6-3-7-11-23/h2-15,19H,16-18H2,1H3,(H,26,28)/t19-/m1/s1. The Morgan fingerprint density at radius 2 is 1.52 bits per heavy atom. The van der Waals surface area contributed by atoms with Crippen molar-refractivity contribution >= 4 is 27.5 Å². The monoisotopic (exact) mass is 456 g/mol. The number of halogens is 1. The molecule has 1 atom stereocenters. The highest BCUT2D eigenvalue weighted by Crippen LogP contribution is 2.18. The molecule has 3 aromatic rings. The minimum Gasteiger partial charge on any atom is -0.348 e. The number of carbonyl (C=O) groups is 1. The van der Waals surface area contributed by atoms with Crippen molar-refractivity contribution < 1.29 is 13.2 Å². The maximum Gasteiger partial charge on any atom is 0.243 e. The molecule has 0 bridgehead atoms. The molecule has 0 fully saturated rings. The molecule has 0 aliphatic carbocycles. The summed E-state index contributed by atoms with van der Waals surface area (Å²) in [5.74, 6) is -0.366. The van der Waals surface area contributed by atoms with E-state index < -0.39 is 10.0 Å². The van der Waals surface area contributed by atoms with Gasteiger partial charge in [-0.1, -0.05) is 72.3 Å². The van der Waals surface area contributed by atoms with Crippen molar-refractivity contribution in [3.8, 4) is 0 Å². The van der Waals surface area contributed by atoms with Gasteiger partial charge in [-0.15, -0.1) is 0 Å². The summed E-state index contributed by atoms with van der Waals surface area (Å²) in [5.41, 5.74) is 1.89. The van der Waals surface area contributed by atoms with Crippen LogP contribution in [0.25, 0.3) is 0 Å². The van der Waals surface area contributed by atoms with E-state index in [0.29, 0.717) is 11.4 Å². The molecule has 7 heteroatoms. The van der Waals surface area contributed by atoms with Gasteiger partial charge in [0.1, 0.15) is 0 Å². The van der Waals surface area contributed by atoms with E-state index in [9.17, 15) is 13.2 Å². The number of nitrogens with zero attached hydrogens (tertiary/aromatic N) is 1. The smallest absolute Gasteiger partial charge is 0.243 e. The lowest BCUT2D eigenvalue weighted by Gasteiger charge is -2.23. The predicted octanol–water partition coefficient (Wildman–Crippen LogP) is 4.45. The van der Waals surface area contributed by atoms with Gasteiger partial charge in [0.05, 0.1) is 17.5 Å². The molecule has 0 spiro atoms. The number of carbonyl (C=O) groups excluding carboxylic acids is 1. The van der Waals surface area contributed by atoms with Crippen LogP contribution in [0.3, 0.4) is 0 Å². The Labute approximate surface area is 188 Å². The van der Waals surface area contributed by atoms with Crippen LogP contribution in [0.15, 0.2) is 89.8 Å². The average Bonchev–Trinajstić information content (AvgIpc) is 2.78. The van der Waals surface area contributed by atoms with E-state index in [-0.39, 0.29) is 29.9 Å². The van der Waals surface area contributed by atoms with E-state index in [1.165, 1.54) is 4.31 Å². The van der Waals surface area contributed by atoms with E-state index >= 15 is 0 Å². The largest absolute Gasteiger partial charge is 0.348 e. The summed E-state index contributed by atoms with van der Waals surface area (Å²) in [6.45, 7) is 1.78. The maximum absolute atomic E-state index is 13.2. The second-order valence-electron chi connectivity index (χ2n) is 7.23. The number of nitrogens with one attached hydrogen (secondary N) is 1. The Kier molecular flexibility index (Phi) is 7.85. The van der Waals surface area contributed by atoms with Crippen molar-refractivity contribution in [1.82, 2.24) is 9.62 Å². The van der Waals surface area contributed by atoms with Crippen LogP contribution < -0.4 is 5.32 Å². The van der Waals surface area contributed by atoms with Gasteiger partial charge in [-0.05, 0) is 48.7 Å². The molecule has 31 heavy (non-hydrogen) atoms. The summed E-state index contributed by atoms with van der Waals surface area (Å²) >= 11 is 5.92. The van der Waals surface area contributed by atoms with E-state index in [0.717, 1.165) is 11.1 Å². The molecule has 3 aromatic carbocycles. The first kappa shape index (κ1) is 23.0. The van der Waals surface area contributed by atoms with Crippen molar-refractivity contribution in [3.05, 3.63) is 101 Å². The van der Waals surface area contributed by atoms with Crippen molar-refractivity contribution in [3.63, 3.8) is 0 Å². The third-order valence-corrected chi connectivity index (χ3v) is 7.05. The fourth-order valence-electron chi connectivity index (χ4n) is 3.21. The molecule has 0 heterocycles. The Bertz CT molecular complexity index is 1090. The number of benzene rings is 3. The van der Waals surface area contributed by atoms with Crippen LogP contribution in [-0.4, -0.2) is 31.7 Å². The summed E-state index contributed by atoms with van der Waals surface area (Å²) in [5, 5.41) is 3.49. The molecule has 0 unspecified atom stereocenters. The lowest BCUT2D eigenvalue weighted by molar-refractivity contribution is -0.121. The summed E-state index contributed by atoms with van der Waals surface area (Å²) in [6.07, 6.45) is 0.507. The summed E-state index contributed by atoms with van der Waals surface area (Å²) in [7, 11) is -3.82. The van der Waals surface area contributed by atoms with Gasteiger partial charge >= 0.3 is 0 Å². The highest BCUT2D eigenvalue weighted by atomic mass is 35.5. The molecule has 0 aliphatic heterocycles. The van der Waals surface area contributed by atoms with Crippen LogP contribution in [0.4, 0.5) is 0 Å². The van der Waals surface area contributed by atoms with Crippen LogP contribution in [0.5, 0.6) is 0 Å². The minimum atomic E-state index is -3.82. The molecule has 0 radical (unpaired) electrons. The second-order valence-corrected chi connectivity index (χ2v) is 9.60. The fraction of sp³-hybridized carbons (Fsp3) is 0.208. The van der Waals surface area contributed by atoms with Crippen LogP contribution in [0, 0.1) is 0 Å². The molecule has 1 N–H and O–H groups in total. The Morgan fingerprint density at radius 3 is 2.13 bits per heavy atom.